The summed E-state index contributed by atoms with van der Waals surface area (Å²) in [6.07, 6.45) is 4.18. The summed E-state index contributed by atoms with van der Waals surface area (Å²) in [6.45, 7) is 0.511. The fourth-order valence-electron chi connectivity index (χ4n) is 2.18. The van der Waals surface area contributed by atoms with Crippen molar-refractivity contribution in [1.82, 2.24) is 15.3 Å². The number of hydrogen-bond donors (Lipinski definition) is 2. The fraction of sp³-hybridized carbons (Fsp3) is 0.231. The molecule has 0 spiro atoms. The van der Waals surface area contributed by atoms with E-state index in [9.17, 15) is 4.79 Å². The largest absolute Gasteiger partial charge is 0.350 e. The summed E-state index contributed by atoms with van der Waals surface area (Å²) in [5.41, 5.74) is 3.37. The molecule has 0 aliphatic heterocycles. The number of benzene rings is 1. The summed E-state index contributed by atoms with van der Waals surface area (Å²) in [4.78, 5) is 18.8. The number of amides is 1. The first-order valence-corrected chi connectivity index (χ1v) is 5.67. The van der Waals surface area contributed by atoms with Crippen LogP contribution in [0.4, 0.5) is 0 Å². The molecule has 4 nitrogen and oxygen atoms in total. The van der Waals surface area contributed by atoms with Gasteiger partial charge in [0.1, 0.15) is 0 Å². The molecule has 0 fully saturated rings. The molecule has 1 atom stereocenters. The molecule has 1 aromatic heterocycles. The summed E-state index contributed by atoms with van der Waals surface area (Å²) in [7, 11) is 0. The third kappa shape index (κ3) is 1.82. The summed E-state index contributed by atoms with van der Waals surface area (Å²) < 4.78 is 0. The standard InChI is InChI=1S/C13H13N3O/c17-13(15-7-10-6-14-8-16-10)12-5-9-3-1-2-4-11(9)12/h1-4,6,8,12H,5,7H2,(H,14,16)(H,15,17). The highest BCUT2D eigenvalue weighted by Crippen LogP contribution is 2.34. The van der Waals surface area contributed by atoms with Gasteiger partial charge in [-0.2, -0.15) is 0 Å². The third-order valence-electron chi connectivity index (χ3n) is 3.18. The Morgan fingerprint density at radius 2 is 2.35 bits per heavy atom. The monoisotopic (exact) mass is 227 g/mol. The fourth-order valence-corrected chi connectivity index (χ4v) is 2.18. The van der Waals surface area contributed by atoms with Crippen molar-refractivity contribution in [3.8, 4) is 0 Å². The summed E-state index contributed by atoms with van der Waals surface area (Å²) in [5, 5.41) is 2.92. The molecule has 1 aromatic carbocycles. The lowest BCUT2D eigenvalue weighted by molar-refractivity contribution is -0.123. The van der Waals surface area contributed by atoms with Crippen molar-refractivity contribution >= 4 is 5.91 Å². The average molecular weight is 227 g/mol. The Kier molecular flexibility index (Phi) is 2.40. The lowest BCUT2D eigenvalue weighted by atomic mass is 9.77. The molecule has 1 heterocycles. The molecule has 4 heteroatoms. The van der Waals surface area contributed by atoms with Crippen LogP contribution in [0.1, 0.15) is 22.7 Å². The van der Waals surface area contributed by atoms with Crippen LogP contribution in [0.5, 0.6) is 0 Å². The number of nitrogens with one attached hydrogen (secondary N) is 2. The van der Waals surface area contributed by atoms with E-state index in [2.05, 4.69) is 21.4 Å². The molecule has 1 unspecified atom stereocenters. The van der Waals surface area contributed by atoms with Crippen LogP contribution in [-0.4, -0.2) is 15.9 Å². The van der Waals surface area contributed by atoms with E-state index in [4.69, 9.17) is 0 Å². The zero-order valence-corrected chi connectivity index (χ0v) is 9.31. The van der Waals surface area contributed by atoms with Crippen LogP contribution in [0.25, 0.3) is 0 Å². The van der Waals surface area contributed by atoms with E-state index in [1.807, 2.05) is 18.2 Å². The third-order valence-corrected chi connectivity index (χ3v) is 3.18. The maximum Gasteiger partial charge on any atom is 0.228 e. The number of hydrogen-bond acceptors (Lipinski definition) is 2. The molecule has 86 valence electrons. The van der Waals surface area contributed by atoms with Crippen LogP contribution in [-0.2, 0) is 17.8 Å². The summed E-state index contributed by atoms with van der Waals surface area (Å²) in [6, 6.07) is 8.10. The van der Waals surface area contributed by atoms with E-state index in [1.165, 1.54) is 5.56 Å². The molecule has 0 saturated heterocycles. The lowest BCUT2D eigenvalue weighted by Gasteiger charge is -2.28. The van der Waals surface area contributed by atoms with Gasteiger partial charge in [-0.3, -0.25) is 4.79 Å². The van der Waals surface area contributed by atoms with E-state index in [0.717, 1.165) is 17.7 Å². The maximum absolute atomic E-state index is 11.9. The van der Waals surface area contributed by atoms with Gasteiger partial charge in [0, 0.05) is 6.20 Å². The number of imidazole rings is 1. The van der Waals surface area contributed by atoms with Crippen LogP contribution in [0.2, 0.25) is 0 Å². The first-order valence-electron chi connectivity index (χ1n) is 5.67. The van der Waals surface area contributed by atoms with Crippen LogP contribution in [0.3, 0.4) is 0 Å². The second-order valence-electron chi connectivity index (χ2n) is 4.25. The van der Waals surface area contributed by atoms with Gasteiger partial charge in [-0.05, 0) is 17.5 Å². The number of H-pyrrole nitrogens is 1. The van der Waals surface area contributed by atoms with Crippen molar-refractivity contribution in [3.63, 3.8) is 0 Å². The van der Waals surface area contributed by atoms with E-state index >= 15 is 0 Å². The molecule has 1 aliphatic rings. The van der Waals surface area contributed by atoms with Crippen molar-refractivity contribution < 1.29 is 4.79 Å². The number of fused-ring (bicyclic) bond motifs is 1. The second-order valence-corrected chi connectivity index (χ2v) is 4.25. The highest BCUT2D eigenvalue weighted by Gasteiger charge is 2.31. The normalized spacial score (nSPS) is 17.1. The van der Waals surface area contributed by atoms with Gasteiger partial charge in [-0.1, -0.05) is 24.3 Å². The zero-order valence-electron chi connectivity index (χ0n) is 9.31. The van der Waals surface area contributed by atoms with Crippen LogP contribution in [0, 0.1) is 0 Å². The first kappa shape index (κ1) is 10.1. The van der Waals surface area contributed by atoms with Gasteiger partial charge in [0.05, 0.1) is 24.5 Å². The summed E-state index contributed by atoms with van der Waals surface area (Å²) in [5.74, 6) is 0.118. The number of nitrogens with zero attached hydrogens (tertiary/aromatic N) is 1. The van der Waals surface area contributed by atoms with Gasteiger partial charge in [0.15, 0.2) is 0 Å². The molecular formula is C13H13N3O. The number of aromatic amines is 1. The van der Waals surface area contributed by atoms with E-state index < -0.39 is 0 Å². The number of carbonyl (C=O) groups is 1. The lowest BCUT2D eigenvalue weighted by Crippen LogP contribution is -2.35. The SMILES string of the molecule is O=C(NCc1cnc[nH]1)C1Cc2ccccc21. The number of carbonyl (C=O) groups excluding carboxylic acids is 1. The molecule has 0 radical (unpaired) electrons. The molecule has 17 heavy (non-hydrogen) atoms. The van der Waals surface area contributed by atoms with Crippen LogP contribution >= 0.6 is 0 Å². The van der Waals surface area contributed by atoms with Gasteiger partial charge in [-0.25, -0.2) is 4.98 Å². The molecule has 0 saturated carbocycles. The quantitative estimate of drug-likeness (QED) is 0.832. The number of aromatic nitrogens is 2. The molecular weight excluding hydrogens is 214 g/mol. The van der Waals surface area contributed by atoms with Gasteiger partial charge in [-0.15, -0.1) is 0 Å². The van der Waals surface area contributed by atoms with E-state index in [0.29, 0.717) is 6.54 Å². The topological polar surface area (TPSA) is 57.8 Å². The Balaban J connectivity index is 1.62. The zero-order chi connectivity index (χ0) is 11.7. The number of rotatable bonds is 3. The van der Waals surface area contributed by atoms with Gasteiger partial charge < -0.3 is 10.3 Å². The predicted octanol–water partition coefficient (Wildman–Crippen LogP) is 1.37. The minimum absolute atomic E-state index is 0.0223. The van der Waals surface area contributed by atoms with Gasteiger partial charge in [0.25, 0.3) is 0 Å². The molecule has 1 amide bonds. The van der Waals surface area contributed by atoms with Crippen LogP contribution < -0.4 is 5.32 Å². The molecule has 0 bridgehead atoms. The smallest absolute Gasteiger partial charge is 0.228 e. The highest BCUT2D eigenvalue weighted by molar-refractivity contribution is 5.86. The van der Waals surface area contributed by atoms with Crippen molar-refractivity contribution in [3.05, 3.63) is 53.6 Å². The highest BCUT2D eigenvalue weighted by atomic mass is 16.1. The van der Waals surface area contributed by atoms with Crippen LogP contribution in [0.15, 0.2) is 36.8 Å². The van der Waals surface area contributed by atoms with Crippen molar-refractivity contribution in [2.75, 3.05) is 0 Å². The Morgan fingerprint density at radius 3 is 3.12 bits per heavy atom. The Bertz CT molecular complexity index is 533. The second kappa shape index (κ2) is 4.05. The van der Waals surface area contributed by atoms with Crippen molar-refractivity contribution in [1.29, 1.82) is 0 Å². The molecule has 3 rings (SSSR count). The molecule has 2 N–H and O–H groups in total. The maximum atomic E-state index is 11.9. The van der Waals surface area contributed by atoms with Gasteiger partial charge >= 0.3 is 0 Å². The average Bonchev–Trinajstić information content (AvgIpc) is 2.81. The van der Waals surface area contributed by atoms with Crippen molar-refractivity contribution in [2.45, 2.75) is 18.9 Å². The Hall–Kier alpha value is -2.10. The van der Waals surface area contributed by atoms with E-state index in [-0.39, 0.29) is 11.8 Å². The Labute approximate surface area is 99.1 Å². The minimum Gasteiger partial charge on any atom is -0.350 e. The first-order chi connectivity index (χ1) is 8.34. The molecule has 1 aliphatic carbocycles. The minimum atomic E-state index is 0.0223. The van der Waals surface area contributed by atoms with Gasteiger partial charge in [0.2, 0.25) is 5.91 Å². The summed E-state index contributed by atoms with van der Waals surface area (Å²) >= 11 is 0. The predicted molar refractivity (Wildman–Crippen MR) is 63.3 cm³/mol. The van der Waals surface area contributed by atoms with E-state index in [1.54, 1.807) is 12.5 Å². The van der Waals surface area contributed by atoms with Crippen molar-refractivity contribution in [2.24, 2.45) is 0 Å². The Morgan fingerprint density at radius 1 is 1.47 bits per heavy atom. The molecule has 2 aromatic rings.